The molecular formula is C25H24FN7O3. The first kappa shape index (κ1) is 22.2. The molecule has 1 unspecified atom stereocenters. The summed E-state index contributed by atoms with van der Waals surface area (Å²) in [4.78, 5) is 49.7. The minimum Gasteiger partial charge on any atom is -0.357 e. The first-order chi connectivity index (χ1) is 17.5. The lowest BCUT2D eigenvalue weighted by Gasteiger charge is -2.24. The zero-order valence-corrected chi connectivity index (χ0v) is 19.3. The second-order valence-corrected chi connectivity index (χ2v) is 9.47. The van der Waals surface area contributed by atoms with Crippen LogP contribution in [0.25, 0.3) is 10.9 Å². The highest BCUT2D eigenvalue weighted by atomic mass is 19.1. The van der Waals surface area contributed by atoms with Gasteiger partial charge in [-0.3, -0.25) is 14.4 Å². The molecule has 184 valence electrons. The number of likely N-dealkylation sites (tertiary alicyclic amines) is 2. The summed E-state index contributed by atoms with van der Waals surface area (Å²) in [7, 11) is 0. The molecule has 2 saturated heterocycles. The Morgan fingerprint density at radius 3 is 2.53 bits per heavy atom. The van der Waals surface area contributed by atoms with E-state index < -0.39 is 17.5 Å². The maximum absolute atomic E-state index is 14.8. The van der Waals surface area contributed by atoms with Gasteiger partial charge in [-0.1, -0.05) is 18.2 Å². The number of H-pyrrole nitrogens is 1. The molecule has 3 aromatic rings. The molecule has 1 aromatic carbocycles. The summed E-state index contributed by atoms with van der Waals surface area (Å²) in [6, 6.07) is 9.13. The number of hydrazine groups is 2. The number of nitrogens with zero attached hydrogens (tertiary/aromatic N) is 4. The Labute approximate surface area is 205 Å². The number of ketones is 1. The zero-order chi connectivity index (χ0) is 24.9. The summed E-state index contributed by atoms with van der Waals surface area (Å²) in [6.07, 6.45) is 7.16. The lowest BCUT2D eigenvalue weighted by atomic mass is 9.86. The number of halogens is 1. The van der Waals surface area contributed by atoms with Crippen LogP contribution in [-0.2, 0) is 4.79 Å². The Bertz CT molecular complexity index is 1410. The average molecular weight is 490 g/mol. The summed E-state index contributed by atoms with van der Waals surface area (Å²) in [5, 5.41) is 1.55. The van der Waals surface area contributed by atoms with Crippen LogP contribution in [0.5, 0.6) is 0 Å². The van der Waals surface area contributed by atoms with Gasteiger partial charge >= 0.3 is 0 Å². The molecule has 0 bridgehead atoms. The predicted molar refractivity (Wildman–Crippen MR) is 129 cm³/mol. The van der Waals surface area contributed by atoms with Gasteiger partial charge < -0.3 is 20.2 Å². The van der Waals surface area contributed by atoms with E-state index in [9.17, 15) is 18.8 Å². The van der Waals surface area contributed by atoms with E-state index >= 15 is 0 Å². The number of aromatic amines is 1. The quantitative estimate of drug-likeness (QED) is 0.379. The van der Waals surface area contributed by atoms with Crippen LogP contribution in [0, 0.1) is 11.2 Å². The molecule has 1 atom stereocenters. The van der Waals surface area contributed by atoms with Gasteiger partial charge in [0.25, 0.3) is 17.6 Å². The molecule has 2 amide bonds. The number of benzene rings is 1. The molecule has 5 heterocycles. The number of Topliss-reactive ketones (excluding diaryl/α,β-unsaturated/α-hetero) is 1. The van der Waals surface area contributed by atoms with Crippen molar-refractivity contribution in [1.82, 2.24) is 30.7 Å². The van der Waals surface area contributed by atoms with Crippen molar-refractivity contribution in [1.29, 1.82) is 0 Å². The summed E-state index contributed by atoms with van der Waals surface area (Å²) >= 11 is 0. The molecule has 1 spiro atoms. The second kappa shape index (κ2) is 8.45. The van der Waals surface area contributed by atoms with Crippen molar-refractivity contribution < 1.29 is 18.8 Å². The molecule has 10 nitrogen and oxygen atoms in total. The third-order valence-electron chi connectivity index (χ3n) is 7.27. The van der Waals surface area contributed by atoms with Crippen LogP contribution in [-0.4, -0.2) is 63.5 Å². The molecule has 2 aromatic heterocycles. The number of aromatic nitrogens is 2. The van der Waals surface area contributed by atoms with E-state index in [0.717, 1.165) is 12.6 Å². The minimum absolute atomic E-state index is 0.0230. The van der Waals surface area contributed by atoms with Crippen molar-refractivity contribution in [3.8, 4) is 0 Å². The van der Waals surface area contributed by atoms with Crippen LogP contribution >= 0.6 is 0 Å². The minimum atomic E-state index is -0.771. The van der Waals surface area contributed by atoms with Crippen molar-refractivity contribution in [2.45, 2.75) is 12.8 Å². The van der Waals surface area contributed by atoms with E-state index in [4.69, 9.17) is 0 Å². The monoisotopic (exact) mass is 489 g/mol. The molecule has 11 heteroatoms. The second-order valence-electron chi connectivity index (χ2n) is 9.47. The number of nitrogens with one attached hydrogen (secondary N) is 3. The van der Waals surface area contributed by atoms with E-state index in [1.807, 2.05) is 23.1 Å². The van der Waals surface area contributed by atoms with E-state index in [1.54, 1.807) is 24.5 Å². The van der Waals surface area contributed by atoms with Gasteiger partial charge in [-0.05, 0) is 25.0 Å². The topological polar surface area (TPSA) is 114 Å². The fourth-order valence-corrected chi connectivity index (χ4v) is 5.41. The third kappa shape index (κ3) is 3.59. The first-order valence-corrected chi connectivity index (χ1v) is 11.8. The molecule has 3 N–H and O–H groups in total. The molecule has 3 aliphatic heterocycles. The molecule has 6 rings (SSSR count). The van der Waals surface area contributed by atoms with E-state index in [1.165, 1.54) is 16.1 Å². The van der Waals surface area contributed by atoms with Crippen molar-refractivity contribution >= 4 is 34.3 Å². The van der Waals surface area contributed by atoms with E-state index in [0.29, 0.717) is 49.5 Å². The van der Waals surface area contributed by atoms with Crippen molar-refractivity contribution in [2.75, 3.05) is 31.2 Å². The SMILES string of the molecule is O=C(C(=O)N1CCC2(CCN(C(=O)c3ccccc3)C2)C1)c1c[nH]c2c(N3C=CNN3)ncc(F)c12. The Kier molecular flexibility index (Phi) is 5.22. The van der Waals surface area contributed by atoms with Gasteiger partial charge in [0.05, 0.1) is 22.7 Å². The number of carbonyl (C=O) groups is 3. The number of carbonyl (C=O) groups excluding carboxylic acids is 3. The van der Waals surface area contributed by atoms with Crippen LogP contribution < -0.4 is 16.0 Å². The van der Waals surface area contributed by atoms with Gasteiger partial charge in [0, 0.05) is 55.8 Å². The molecule has 0 aliphatic carbocycles. The lowest BCUT2D eigenvalue weighted by molar-refractivity contribution is -0.125. The summed E-state index contributed by atoms with van der Waals surface area (Å²) in [5.41, 5.74) is 6.27. The standard InChI is InChI=1S/C25H24FN7O3/c26-18-13-28-22(33-11-8-29-30-33)20-19(18)17(12-27-20)21(34)24(36)32-10-7-25(15-32)6-9-31(14-25)23(35)16-4-2-1-3-5-16/h1-5,8,11-13,27,29-30H,6-7,9-10,14-15H2. The zero-order valence-electron chi connectivity index (χ0n) is 19.3. The third-order valence-corrected chi connectivity index (χ3v) is 7.27. The first-order valence-electron chi connectivity index (χ1n) is 11.8. The van der Waals surface area contributed by atoms with Gasteiger partial charge in [-0.2, -0.15) is 0 Å². The summed E-state index contributed by atoms with van der Waals surface area (Å²) < 4.78 is 14.8. The fraction of sp³-hybridized carbons (Fsp3) is 0.280. The van der Waals surface area contributed by atoms with Crippen molar-refractivity contribution in [3.05, 3.63) is 72.1 Å². The van der Waals surface area contributed by atoms with Crippen molar-refractivity contribution in [3.63, 3.8) is 0 Å². The number of pyridine rings is 1. The van der Waals surface area contributed by atoms with Crippen LogP contribution in [0.1, 0.15) is 33.6 Å². The number of amides is 2. The molecule has 0 radical (unpaired) electrons. The van der Waals surface area contributed by atoms with Crippen LogP contribution in [0.4, 0.5) is 10.2 Å². The van der Waals surface area contributed by atoms with E-state index in [2.05, 4.69) is 20.9 Å². The number of anilines is 1. The van der Waals surface area contributed by atoms with Gasteiger partial charge in [-0.15, -0.1) is 5.53 Å². The highest BCUT2D eigenvalue weighted by Crippen LogP contribution is 2.40. The number of rotatable bonds is 4. The highest BCUT2D eigenvalue weighted by molar-refractivity contribution is 6.45. The lowest BCUT2D eigenvalue weighted by Crippen LogP contribution is -2.38. The predicted octanol–water partition coefficient (Wildman–Crippen LogP) is 1.95. The van der Waals surface area contributed by atoms with Crippen LogP contribution in [0.15, 0.2) is 55.1 Å². The number of fused-ring (bicyclic) bond motifs is 1. The molecular weight excluding hydrogens is 465 g/mol. The number of hydrogen-bond acceptors (Lipinski definition) is 7. The Balaban J connectivity index is 1.19. The number of hydrogen-bond donors (Lipinski definition) is 3. The molecule has 0 saturated carbocycles. The Morgan fingerprint density at radius 2 is 1.78 bits per heavy atom. The molecule has 2 fully saturated rings. The fourth-order valence-electron chi connectivity index (χ4n) is 5.41. The largest absolute Gasteiger partial charge is 0.357 e. The normalized spacial score (nSPS) is 21.1. The summed E-state index contributed by atoms with van der Waals surface area (Å²) in [5.74, 6) is -1.80. The Morgan fingerprint density at radius 1 is 1.03 bits per heavy atom. The van der Waals surface area contributed by atoms with Gasteiger partial charge in [-0.25, -0.2) is 14.4 Å². The van der Waals surface area contributed by atoms with E-state index in [-0.39, 0.29) is 22.3 Å². The van der Waals surface area contributed by atoms with Gasteiger partial charge in [0.1, 0.15) is 0 Å². The van der Waals surface area contributed by atoms with Crippen LogP contribution in [0.2, 0.25) is 0 Å². The highest BCUT2D eigenvalue weighted by Gasteiger charge is 2.47. The maximum Gasteiger partial charge on any atom is 0.295 e. The average Bonchev–Trinajstić information content (AvgIpc) is 3.71. The molecule has 3 aliphatic rings. The molecule has 36 heavy (non-hydrogen) atoms. The maximum atomic E-state index is 14.8. The van der Waals surface area contributed by atoms with Crippen LogP contribution in [0.3, 0.4) is 0 Å². The van der Waals surface area contributed by atoms with Gasteiger partial charge in [0.15, 0.2) is 11.6 Å². The smallest absolute Gasteiger partial charge is 0.295 e. The summed E-state index contributed by atoms with van der Waals surface area (Å²) in [6.45, 7) is 1.96. The van der Waals surface area contributed by atoms with Crippen molar-refractivity contribution in [2.24, 2.45) is 5.41 Å². The van der Waals surface area contributed by atoms with Gasteiger partial charge in [0.2, 0.25) is 0 Å². The Hall–Kier alpha value is -4.25.